The molecule has 0 N–H and O–H groups in total. The van der Waals surface area contributed by atoms with Gasteiger partial charge in [0.05, 0.1) is 0 Å². The van der Waals surface area contributed by atoms with Crippen LogP contribution in [0.1, 0.15) is 19.4 Å². The summed E-state index contributed by atoms with van der Waals surface area (Å²) >= 11 is 0. The van der Waals surface area contributed by atoms with Crippen molar-refractivity contribution in [2.75, 3.05) is 0 Å². The Morgan fingerprint density at radius 3 is 2.18 bits per heavy atom. The minimum Gasteiger partial charge on any atom is -0.228 e. The van der Waals surface area contributed by atoms with Crippen LogP contribution in [0, 0.1) is 11.9 Å². The summed E-state index contributed by atoms with van der Waals surface area (Å²) in [5, 5.41) is 0. The van der Waals surface area contributed by atoms with E-state index in [1.54, 1.807) is 12.3 Å². The summed E-state index contributed by atoms with van der Waals surface area (Å²) < 4.78 is 12.7. The monoisotopic (exact) mass is 229 g/mol. The van der Waals surface area contributed by atoms with Gasteiger partial charge < -0.3 is 0 Å². The quantitative estimate of drug-likeness (QED) is 0.722. The molecule has 2 rings (SSSR count). The summed E-state index contributed by atoms with van der Waals surface area (Å²) in [5.41, 5.74) is 3.35. The first-order valence-corrected chi connectivity index (χ1v) is 5.86. The molecule has 88 valence electrons. The van der Waals surface area contributed by atoms with Crippen molar-refractivity contribution in [1.82, 2.24) is 4.98 Å². The topological polar surface area (TPSA) is 12.9 Å². The molecule has 1 aromatic heterocycles. The molecule has 1 nitrogen and oxygen atoms in total. The van der Waals surface area contributed by atoms with E-state index < -0.39 is 5.95 Å². The number of pyridine rings is 1. The predicted octanol–water partition coefficient (Wildman–Crippen LogP) is 4.09. The van der Waals surface area contributed by atoms with Crippen LogP contribution in [0.4, 0.5) is 4.39 Å². The molecule has 0 unspecified atom stereocenters. The molecule has 2 aromatic rings. The molecule has 0 spiro atoms. The lowest BCUT2D eigenvalue weighted by Gasteiger charge is -2.06. The van der Waals surface area contributed by atoms with Gasteiger partial charge in [0.1, 0.15) is 0 Å². The number of nitrogens with zero attached hydrogens (tertiary/aromatic N) is 1. The van der Waals surface area contributed by atoms with Crippen LogP contribution < -0.4 is 0 Å². The Bertz CT molecular complexity index is 471. The largest absolute Gasteiger partial charge is 0.228 e. The predicted molar refractivity (Wildman–Crippen MR) is 68.2 cm³/mol. The average Bonchev–Trinajstić information content (AvgIpc) is 2.30. The molecule has 0 bridgehead atoms. The first-order chi connectivity index (χ1) is 8.15. The molecule has 17 heavy (non-hydrogen) atoms. The Kier molecular flexibility index (Phi) is 3.52. The summed E-state index contributed by atoms with van der Waals surface area (Å²) in [4.78, 5) is 3.66. The molecular weight excluding hydrogens is 213 g/mol. The zero-order valence-electron chi connectivity index (χ0n) is 10.2. The van der Waals surface area contributed by atoms with E-state index in [9.17, 15) is 4.39 Å². The minimum absolute atomic E-state index is 0.440. The Balaban J connectivity index is 2.20. The third-order valence-electron chi connectivity index (χ3n) is 2.66. The fourth-order valence-corrected chi connectivity index (χ4v) is 1.85. The van der Waals surface area contributed by atoms with Gasteiger partial charge >= 0.3 is 0 Å². The maximum atomic E-state index is 12.7. The molecule has 0 saturated heterocycles. The van der Waals surface area contributed by atoms with Crippen LogP contribution in [0.2, 0.25) is 0 Å². The Labute approximate surface area is 101 Å². The molecular formula is C15H16FN. The van der Waals surface area contributed by atoms with E-state index in [0.29, 0.717) is 5.92 Å². The van der Waals surface area contributed by atoms with Crippen molar-refractivity contribution in [3.8, 4) is 11.1 Å². The molecule has 1 heterocycles. The molecule has 0 aliphatic carbocycles. The van der Waals surface area contributed by atoms with Crippen molar-refractivity contribution in [1.29, 1.82) is 0 Å². The fraction of sp³-hybridized carbons (Fsp3) is 0.267. The van der Waals surface area contributed by atoms with E-state index in [0.717, 1.165) is 17.5 Å². The van der Waals surface area contributed by atoms with Gasteiger partial charge in [0.15, 0.2) is 0 Å². The van der Waals surface area contributed by atoms with Crippen LogP contribution in [0.5, 0.6) is 0 Å². The lowest BCUT2D eigenvalue weighted by molar-refractivity contribution is 0.584. The molecule has 1 aromatic carbocycles. The fourth-order valence-electron chi connectivity index (χ4n) is 1.85. The highest BCUT2D eigenvalue weighted by Gasteiger charge is 2.01. The standard InChI is InChI=1S/C15H16FN/c1-11(2)9-12-3-5-13(6-4-12)14-7-8-15(16)17-10-14/h3-8,10-11H,9H2,1-2H3. The van der Waals surface area contributed by atoms with Crippen LogP contribution in [0.15, 0.2) is 42.6 Å². The number of halogens is 1. The van der Waals surface area contributed by atoms with Crippen molar-refractivity contribution >= 4 is 0 Å². The highest BCUT2D eigenvalue weighted by atomic mass is 19.1. The van der Waals surface area contributed by atoms with Gasteiger partial charge in [-0.25, -0.2) is 4.98 Å². The second-order valence-corrected chi connectivity index (χ2v) is 4.66. The van der Waals surface area contributed by atoms with E-state index in [2.05, 4.69) is 43.1 Å². The van der Waals surface area contributed by atoms with Gasteiger partial charge in [-0.1, -0.05) is 38.1 Å². The molecule has 0 saturated carbocycles. The molecule has 0 aliphatic heterocycles. The zero-order valence-corrected chi connectivity index (χ0v) is 10.2. The second kappa shape index (κ2) is 5.09. The van der Waals surface area contributed by atoms with E-state index in [1.165, 1.54) is 11.6 Å². The summed E-state index contributed by atoms with van der Waals surface area (Å²) in [7, 11) is 0. The zero-order chi connectivity index (χ0) is 12.3. The molecule has 2 heteroatoms. The second-order valence-electron chi connectivity index (χ2n) is 4.66. The molecule has 0 amide bonds. The third-order valence-corrected chi connectivity index (χ3v) is 2.66. The summed E-state index contributed by atoms with van der Waals surface area (Å²) in [5.74, 6) is 0.221. The van der Waals surface area contributed by atoms with Gasteiger partial charge in [-0.2, -0.15) is 4.39 Å². The summed E-state index contributed by atoms with van der Waals surface area (Å²) in [6.07, 6.45) is 2.65. The molecule has 0 atom stereocenters. The van der Waals surface area contributed by atoms with Crippen molar-refractivity contribution < 1.29 is 4.39 Å². The van der Waals surface area contributed by atoms with E-state index >= 15 is 0 Å². The first kappa shape index (κ1) is 11.8. The highest BCUT2D eigenvalue weighted by molar-refractivity contribution is 5.62. The van der Waals surface area contributed by atoms with Crippen molar-refractivity contribution in [2.45, 2.75) is 20.3 Å². The molecule has 0 fully saturated rings. The first-order valence-electron chi connectivity index (χ1n) is 5.86. The van der Waals surface area contributed by atoms with Crippen LogP contribution in [0.25, 0.3) is 11.1 Å². The van der Waals surface area contributed by atoms with E-state index in [-0.39, 0.29) is 0 Å². The average molecular weight is 229 g/mol. The van der Waals surface area contributed by atoms with Crippen LogP contribution in [-0.2, 0) is 6.42 Å². The van der Waals surface area contributed by atoms with E-state index in [1.807, 2.05) is 0 Å². The van der Waals surface area contributed by atoms with Crippen LogP contribution >= 0.6 is 0 Å². The van der Waals surface area contributed by atoms with Gasteiger partial charge in [-0.05, 0) is 35.6 Å². The Hall–Kier alpha value is -1.70. The third kappa shape index (κ3) is 3.13. The molecule has 0 aliphatic rings. The van der Waals surface area contributed by atoms with Gasteiger partial charge in [0.2, 0.25) is 5.95 Å². The van der Waals surface area contributed by atoms with Gasteiger partial charge in [0.25, 0.3) is 0 Å². The lowest BCUT2D eigenvalue weighted by Crippen LogP contribution is -1.93. The van der Waals surface area contributed by atoms with Gasteiger partial charge in [-0.15, -0.1) is 0 Å². The number of hydrogen-bond donors (Lipinski definition) is 0. The Morgan fingerprint density at radius 1 is 1.00 bits per heavy atom. The minimum atomic E-state index is -0.440. The Morgan fingerprint density at radius 2 is 1.65 bits per heavy atom. The van der Waals surface area contributed by atoms with Gasteiger partial charge in [-0.3, -0.25) is 0 Å². The smallest absolute Gasteiger partial charge is 0.212 e. The maximum absolute atomic E-state index is 12.7. The van der Waals surface area contributed by atoms with Crippen LogP contribution in [-0.4, -0.2) is 4.98 Å². The maximum Gasteiger partial charge on any atom is 0.212 e. The number of aromatic nitrogens is 1. The van der Waals surface area contributed by atoms with E-state index in [4.69, 9.17) is 0 Å². The molecule has 0 radical (unpaired) electrons. The summed E-state index contributed by atoms with van der Waals surface area (Å²) in [6.45, 7) is 4.41. The highest BCUT2D eigenvalue weighted by Crippen LogP contribution is 2.19. The van der Waals surface area contributed by atoms with Crippen LogP contribution in [0.3, 0.4) is 0 Å². The van der Waals surface area contributed by atoms with Gasteiger partial charge in [0, 0.05) is 11.8 Å². The lowest BCUT2D eigenvalue weighted by atomic mass is 10.00. The SMILES string of the molecule is CC(C)Cc1ccc(-c2ccc(F)nc2)cc1. The summed E-state index contributed by atoms with van der Waals surface area (Å²) in [6, 6.07) is 11.5. The van der Waals surface area contributed by atoms with Crippen molar-refractivity contribution in [3.05, 3.63) is 54.1 Å². The number of benzene rings is 1. The van der Waals surface area contributed by atoms with Crippen molar-refractivity contribution in [2.24, 2.45) is 5.92 Å². The number of hydrogen-bond acceptors (Lipinski definition) is 1. The number of rotatable bonds is 3. The normalized spacial score (nSPS) is 10.8. The van der Waals surface area contributed by atoms with Crippen molar-refractivity contribution in [3.63, 3.8) is 0 Å².